The summed E-state index contributed by atoms with van der Waals surface area (Å²) >= 11 is 0. The summed E-state index contributed by atoms with van der Waals surface area (Å²) in [5, 5.41) is 2.87. The van der Waals surface area contributed by atoms with Gasteiger partial charge in [0.15, 0.2) is 6.10 Å². The summed E-state index contributed by atoms with van der Waals surface area (Å²) in [7, 11) is 0. The van der Waals surface area contributed by atoms with Crippen molar-refractivity contribution in [2.45, 2.75) is 47.6 Å². The fourth-order valence-corrected chi connectivity index (χ4v) is 3.24. The Morgan fingerprint density at radius 2 is 1.48 bits per heavy atom. The summed E-state index contributed by atoms with van der Waals surface area (Å²) < 4.78 is 5.38. The molecule has 0 aliphatic heterocycles. The molecular formula is C23H25N3O3. The van der Waals surface area contributed by atoms with E-state index < -0.39 is 12.1 Å². The van der Waals surface area contributed by atoms with Gasteiger partial charge in [-0.2, -0.15) is 0 Å². The molecule has 0 radical (unpaired) electrons. The molecule has 3 aromatic rings. The summed E-state index contributed by atoms with van der Waals surface area (Å²) in [6.07, 6.45) is -0.941. The molecule has 0 spiro atoms. The van der Waals surface area contributed by atoms with Crippen LogP contribution in [0.2, 0.25) is 0 Å². The van der Waals surface area contributed by atoms with Crippen molar-refractivity contribution in [1.82, 2.24) is 9.97 Å². The van der Waals surface area contributed by atoms with E-state index >= 15 is 0 Å². The lowest BCUT2D eigenvalue weighted by Crippen LogP contribution is -2.30. The molecule has 0 saturated carbocycles. The number of carbonyl (C=O) groups excluding carboxylic acids is 2. The summed E-state index contributed by atoms with van der Waals surface area (Å²) in [6.45, 7) is 11.2. The second-order valence-corrected chi connectivity index (χ2v) is 7.41. The quantitative estimate of drug-likeness (QED) is 0.669. The van der Waals surface area contributed by atoms with Crippen molar-refractivity contribution in [1.29, 1.82) is 0 Å². The number of benzene rings is 2. The first-order valence-corrected chi connectivity index (χ1v) is 9.50. The van der Waals surface area contributed by atoms with Crippen molar-refractivity contribution >= 4 is 28.6 Å². The number of fused-ring (bicyclic) bond motifs is 1. The lowest BCUT2D eigenvalue weighted by molar-refractivity contribution is -0.123. The average Bonchev–Trinajstić information content (AvgIpc) is 2.64. The number of hydrogen-bond acceptors (Lipinski definition) is 5. The predicted molar refractivity (Wildman–Crippen MR) is 113 cm³/mol. The maximum Gasteiger partial charge on any atom is 0.338 e. The molecule has 1 unspecified atom stereocenters. The van der Waals surface area contributed by atoms with Gasteiger partial charge in [-0.1, -0.05) is 17.7 Å². The molecule has 0 aliphatic carbocycles. The van der Waals surface area contributed by atoms with Gasteiger partial charge in [-0.15, -0.1) is 0 Å². The smallest absolute Gasteiger partial charge is 0.338 e. The standard InChI is InChI=1S/C23H25N3O3/c1-12-9-13(2)21(14(3)10-12)26-22(27)17(6)29-23(28)18-7-8-19-20(11-18)25-16(5)15(4)24-19/h7-11,17H,1-6H3,(H,26,27). The molecule has 1 heterocycles. The molecule has 0 aliphatic rings. The van der Waals surface area contributed by atoms with Gasteiger partial charge in [0, 0.05) is 5.69 Å². The SMILES string of the molecule is Cc1cc(C)c(NC(=O)C(C)OC(=O)c2ccc3nc(C)c(C)nc3c2)c(C)c1. The molecule has 2 aromatic carbocycles. The van der Waals surface area contributed by atoms with E-state index in [-0.39, 0.29) is 5.91 Å². The minimum atomic E-state index is -0.941. The van der Waals surface area contributed by atoms with Crippen LogP contribution in [0.15, 0.2) is 30.3 Å². The van der Waals surface area contributed by atoms with E-state index in [1.165, 1.54) is 0 Å². The van der Waals surface area contributed by atoms with Gasteiger partial charge >= 0.3 is 5.97 Å². The monoisotopic (exact) mass is 391 g/mol. The van der Waals surface area contributed by atoms with Gasteiger partial charge in [0.05, 0.1) is 28.0 Å². The van der Waals surface area contributed by atoms with Crippen LogP contribution in [-0.2, 0) is 9.53 Å². The Morgan fingerprint density at radius 1 is 0.897 bits per heavy atom. The van der Waals surface area contributed by atoms with Crippen LogP contribution in [0.5, 0.6) is 0 Å². The Hall–Kier alpha value is -3.28. The molecule has 1 atom stereocenters. The first kappa shape index (κ1) is 20.5. The Balaban J connectivity index is 1.74. The predicted octanol–water partition coefficient (Wildman–Crippen LogP) is 4.36. The number of amides is 1. The number of esters is 1. The van der Waals surface area contributed by atoms with Crippen molar-refractivity contribution in [3.8, 4) is 0 Å². The fourth-order valence-electron chi connectivity index (χ4n) is 3.24. The second-order valence-electron chi connectivity index (χ2n) is 7.41. The third-order valence-electron chi connectivity index (χ3n) is 4.89. The van der Waals surface area contributed by atoms with Crippen LogP contribution in [0, 0.1) is 34.6 Å². The largest absolute Gasteiger partial charge is 0.449 e. The molecular weight excluding hydrogens is 366 g/mol. The zero-order chi connectivity index (χ0) is 21.3. The van der Waals surface area contributed by atoms with Gasteiger partial charge in [-0.3, -0.25) is 4.79 Å². The number of ether oxygens (including phenoxy) is 1. The molecule has 0 bridgehead atoms. The zero-order valence-electron chi connectivity index (χ0n) is 17.6. The zero-order valence-corrected chi connectivity index (χ0v) is 17.6. The van der Waals surface area contributed by atoms with E-state index in [0.717, 1.165) is 33.8 Å². The van der Waals surface area contributed by atoms with Crippen molar-refractivity contribution in [2.24, 2.45) is 0 Å². The molecule has 0 saturated heterocycles. The van der Waals surface area contributed by atoms with E-state index in [1.807, 2.05) is 46.8 Å². The Bertz CT molecular complexity index is 1100. The highest BCUT2D eigenvalue weighted by molar-refractivity contribution is 5.99. The van der Waals surface area contributed by atoms with Gasteiger partial charge in [-0.25, -0.2) is 14.8 Å². The Kier molecular flexibility index (Phi) is 5.64. The van der Waals surface area contributed by atoms with Crippen molar-refractivity contribution < 1.29 is 14.3 Å². The second kappa shape index (κ2) is 7.99. The minimum Gasteiger partial charge on any atom is -0.449 e. The number of rotatable bonds is 4. The maximum absolute atomic E-state index is 12.6. The van der Waals surface area contributed by atoms with Gasteiger partial charge in [0.2, 0.25) is 0 Å². The number of hydrogen-bond donors (Lipinski definition) is 1. The molecule has 6 nitrogen and oxygen atoms in total. The lowest BCUT2D eigenvalue weighted by atomic mass is 10.0. The summed E-state index contributed by atoms with van der Waals surface area (Å²) in [5.41, 5.74) is 7.11. The van der Waals surface area contributed by atoms with Crippen LogP contribution >= 0.6 is 0 Å². The third-order valence-corrected chi connectivity index (χ3v) is 4.89. The van der Waals surface area contributed by atoms with E-state index in [9.17, 15) is 9.59 Å². The summed E-state index contributed by atoms with van der Waals surface area (Å²) in [6, 6.07) is 9.00. The highest BCUT2D eigenvalue weighted by atomic mass is 16.5. The number of anilines is 1. The summed E-state index contributed by atoms with van der Waals surface area (Å²) in [5.74, 6) is -0.951. The normalized spacial score (nSPS) is 11.9. The molecule has 1 aromatic heterocycles. The van der Waals surface area contributed by atoms with Crippen molar-refractivity contribution in [3.05, 3.63) is 64.0 Å². The Morgan fingerprint density at radius 3 is 2.10 bits per heavy atom. The third kappa shape index (κ3) is 4.42. The van der Waals surface area contributed by atoms with Crippen LogP contribution < -0.4 is 5.32 Å². The number of nitrogens with zero attached hydrogens (tertiary/aromatic N) is 2. The number of aromatic nitrogens is 2. The van der Waals surface area contributed by atoms with Gasteiger partial charge in [-0.05, 0) is 70.9 Å². The van der Waals surface area contributed by atoms with E-state index in [4.69, 9.17) is 4.74 Å². The molecule has 150 valence electrons. The van der Waals surface area contributed by atoms with Crippen molar-refractivity contribution in [3.63, 3.8) is 0 Å². The van der Waals surface area contributed by atoms with E-state index in [0.29, 0.717) is 16.6 Å². The first-order chi connectivity index (χ1) is 13.7. The first-order valence-electron chi connectivity index (χ1n) is 9.50. The highest BCUT2D eigenvalue weighted by Crippen LogP contribution is 2.22. The lowest BCUT2D eigenvalue weighted by Gasteiger charge is -2.17. The molecule has 1 N–H and O–H groups in total. The van der Waals surface area contributed by atoms with Crippen molar-refractivity contribution in [2.75, 3.05) is 5.32 Å². The molecule has 1 amide bonds. The number of carbonyl (C=O) groups is 2. The molecule has 3 rings (SSSR count). The van der Waals surface area contributed by atoms with Crippen LogP contribution in [0.1, 0.15) is 45.4 Å². The fraction of sp³-hybridized carbons (Fsp3) is 0.304. The van der Waals surface area contributed by atoms with E-state index in [1.54, 1.807) is 25.1 Å². The summed E-state index contributed by atoms with van der Waals surface area (Å²) in [4.78, 5) is 34.0. The topological polar surface area (TPSA) is 81.2 Å². The van der Waals surface area contributed by atoms with Crippen LogP contribution in [0.4, 0.5) is 5.69 Å². The van der Waals surface area contributed by atoms with Crippen LogP contribution in [0.25, 0.3) is 11.0 Å². The van der Waals surface area contributed by atoms with Gasteiger partial charge in [0.1, 0.15) is 0 Å². The molecule has 6 heteroatoms. The molecule has 29 heavy (non-hydrogen) atoms. The van der Waals surface area contributed by atoms with Crippen LogP contribution in [0.3, 0.4) is 0 Å². The van der Waals surface area contributed by atoms with E-state index in [2.05, 4.69) is 15.3 Å². The Labute approximate surface area is 170 Å². The minimum absolute atomic E-state index is 0.331. The number of aryl methyl sites for hydroxylation is 5. The van der Waals surface area contributed by atoms with Gasteiger partial charge < -0.3 is 10.1 Å². The number of nitrogens with one attached hydrogen (secondary N) is 1. The average molecular weight is 391 g/mol. The highest BCUT2D eigenvalue weighted by Gasteiger charge is 2.21. The maximum atomic E-state index is 12.6. The van der Waals surface area contributed by atoms with Gasteiger partial charge in [0.25, 0.3) is 5.91 Å². The van der Waals surface area contributed by atoms with Crippen LogP contribution in [-0.4, -0.2) is 27.9 Å². The molecule has 0 fully saturated rings.